The average molecular weight is 197 g/mol. The Balaban J connectivity index is 2.56. The van der Waals surface area contributed by atoms with Crippen LogP contribution in [0.2, 0.25) is 0 Å². The number of hydrogen-bond donors (Lipinski definition) is 1. The monoisotopic (exact) mass is 197 g/mol. The summed E-state index contributed by atoms with van der Waals surface area (Å²) in [5.41, 5.74) is 0.373. The number of aliphatic carboxylic acids is 1. The van der Waals surface area contributed by atoms with Gasteiger partial charge in [-0.1, -0.05) is 0 Å². The number of ketones is 1. The molecule has 0 aliphatic carbocycles. The Hall–Kier alpha value is -1.78. The van der Waals surface area contributed by atoms with Crippen molar-refractivity contribution >= 4 is 11.8 Å². The van der Waals surface area contributed by atoms with Crippen molar-refractivity contribution in [3.63, 3.8) is 0 Å². The van der Waals surface area contributed by atoms with Crippen LogP contribution in [0.1, 0.15) is 12.1 Å². The van der Waals surface area contributed by atoms with E-state index in [0.717, 1.165) is 6.20 Å². The Morgan fingerprint density at radius 1 is 1.43 bits per heavy atom. The predicted octanol–water partition coefficient (Wildman–Crippen LogP) is 0.807. The molecule has 0 radical (unpaired) electrons. The third kappa shape index (κ3) is 3.30. The highest BCUT2D eigenvalue weighted by Gasteiger charge is 2.09. The van der Waals surface area contributed by atoms with Crippen LogP contribution in [0.15, 0.2) is 18.3 Å². The van der Waals surface area contributed by atoms with E-state index in [4.69, 9.17) is 5.11 Å². The first kappa shape index (κ1) is 10.3. The molecule has 14 heavy (non-hydrogen) atoms. The Kier molecular flexibility index (Phi) is 3.28. The van der Waals surface area contributed by atoms with Gasteiger partial charge in [-0.05, 0) is 12.1 Å². The fourth-order valence-electron chi connectivity index (χ4n) is 0.944. The highest BCUT2D eigenvalue weighted by molar-refractivity contribution is 5.95. The van der Waals surface area contributed by atoms with Crippen LogP contribution >= 0.6 is 0 Å². The number of halogens is 1. The fraction of sp³-hybridized carbons (Fsp3) is 0.222. The van der Waals surface area contributed by atoms with Gasteiger partial charge < -0.3 is 5.11 Å². The van der Waals surface area contributed by atoms with E-state index in [2.05, 4.69) is 4.98 Å². The molecule has 0 spiro atoms. The molecule has 0 atom stereocenters. The van der Waals surface area contributed by atoms with E-state index in [9.17, 15) is 14.0 Å². The smallest absolute Gasteiger partial charge is 0.310 e. The van der Waals surface area contributed by atoms with Gasteiger partial charge in [0.1, 0.15) is 18.0 Å². The fourth-order valence-corrected chi connectivity index (χ4v) is 0.944. The number of rotatable bonds is 4. The minimum absolute atomic E-state index is 0.0768. The van der Waals surface area contributed by atoms with Gasteiger partial charge in [0.25, 0.3) is 0 Å². The van der Waals surface area contributed by atoms with Gasteiger partial charge in [-0.3, -0.25) is 14.6 Å². The normalized spacial score (nSPS) is 9.79. The predicted molar refractivity (Wildman–Crippen MR) is 45.2 cm³/mol. The quantitative estimate of drug-likeness (QED) is 0.725. The second kappa shape index (κ2) is 4.45. The summed E-state index contributed by atoms with van der Waals surface area (Å²) in [5.74, 6) is -2.10. The van der Waals surface area contributed by atoms with E-state index in [1.807, 2.05) is 0 Å². The first-order valence-corrected chi connectivity index (χ1v) is 3.92. The molecule has 4 nitrogen and oxygen atoms in total. The van der Waals surface area contributed by atoms with Gasteiger partial charge in [0.15, 0.2) is 0 Å². The van der Waals surface area contributed by atoms with Gasteiger partial charge in [-0.2, -0.15) is 0 Å². The minimum Gasteiger partial charge on any atom is -0.481 e. The zero-order valence-corrected chi connectivity index (χ0v) is 7.24. The molecule has 0 saturated carbocycles. The van der Waals surface area contributed by atoms with Crippen LogP contribution in [0, 0.1) is 5.82 Å². The Morgan fingerprint density at radius 3 is 2.64 bits per heavy atom. The maximum absolute atomic E-state index is 12.4. The number of carbonyl (C=O) groups is 2. The Labute approximate surface area is 79.4 Å². The lowest BCUT2D eigenvalue weighted by Crippen LogP contribution is -2.10. The molecule has 1 heterocycles. The van der Waals surface area contributed by atoms with Gasteiger partial charge in [0.2, 0.25) is 0 Å². The molecule has 5 heteroatoms. The van der Waals surface area contributed by atoms with Crippen molar-refractivity contribution in [1.82, 2.24) is 4.98 Å². The highest BCUT2D eigenvalue weighted by atomic mass is 19.1. The summed E-state index contributed by atoms with van der Waals surface area (Å²) in [5, 5.41) is 8.30. The van der Waals surface area contributed by atoms with Crippen molar-refractivity contribution in [2.75, 3.05) is 0 Å². The van der Waals surface area contributed by atoms with Crippen molar-refractivity contribution in [3.8, 4) is 0 Å². The third-order valence-electron chi connectivity index (χ3n) is 1.52. The van der Waals surface area contributed by atoms with Crippen molar-refractivity contribution in [2.24, 2.45) is 0 Å². The summed E-state index contributed by atoms with van der Waals surface area (Å²) in [4.78, 5) is 24.8. The van der Waals surface area contributed by atoms with E-state index in [-0.39, 0.29) is 6.42 Å². The van der Waals surface area contributed by atoms with Crippen LogP contribution in [-0.4, -0.2) is 21.8 Å². The molecule has 0 amide bonds. The molecule has 1 aromatic heterocycles. The van der Waals surface area contributed by atoms with Crippen LogP contribution in [-0.2, 0) is 16.0 Å². The van der Waals surface area contributed by atoms with Crippen molar-refractivity contribution in [2.45, 2.75) is 12.8 Å². The third-order valence-corrected chi connectivity index (χ3v) is 1.52. The maximum Gasteiger partial charge on any atom is 0.310 e. The average Bonchev–Trinajstić information content (AvgIpc) is 2.07. The molecular weight excluding hydrogens is 189 g/mol. The maximum atomic E-state index is 12.4. The lowest BCUT2D eigenvalue weighted by atomic mass is 10.1. The van der Waals surface area contributed by atoms with Crippen molar-refractivity contribution < 1.29 is 19.1 Å². The van der Waals surface area contributed by atoms with E-state index in [1.165, 1.54) is 12.1 Å². The lowest BCUT2D eigenvalue weighted by Gasteiger charge is -1.97. The Morgan fingerprint density at radius 2 is 2.14 bits per heavy atom. The zero-order valence-electron chi connectivity index (χ0n) is 7.24. The summed E-state index contributed by atoms with van der Waals surface area (Å²) < 4.78 is 12.4. The van der Waals surface area contributed by atoms with E-state index in [0.29, 0.717) is 5.69 Å². The number of aromatic nitrogens is 1. The minimum atomic E-state index is -1.17. The molecule has 0 unspecified atom stereocenters. The molecule has 0 bridgehead atoms. The number of pyridine rings is 1. The number of Topliss-reactive ketones (excluding diaryl/α,β-unsaturated/α-hetero) is 1. The molecule has 1 aromatic rings. The molecular formula is C9H8FNO3. The topological polar surface area (TPSA) is 67.3 Å². The van der Waals surface area contributed by atoms with E-state index in [1.54, 1.807) is 0 Å². The molecule has 0 saturated heterocycles. The van der Waals surface area contributed by atoms with Crippen LogP contribution in [0.5, 0.6) is 0 Å². The summed E-state index contributed by atoms with van der Waals surface area (Å²) in [6.45, 7) is 0. The van der Waals surface area contributed by atoms with Crippen molar-refractivity contribution in [1.29, 1.82) is 0 Å². The summed E-state index contributed by atoms with van der Waals surface area (Å²) in [6, 6.07) is 2.53. The summed E-state index contributed by atoms with van der Waals surface area (Å²) in [7, 11) is 0. The number of carbonyl (C=O) groups excluding carboxylic acids is 1. The van der Waals surface area contributed by atoms with Crippen molar-refractivity contribution in [3.05, 3.63) is 29.8 Å². The van der Waals surface area contributed by atoms with Gasteiger partial charge in [-0.15, -0.1) is 0 Å². The molecule has 1 N–H and O–H groups in total. The van der Waals surface area contributed by atoms with Gasteiger partial charge in [0, 0.05) is 12.1 Å². The van der Waals surface area contributed by atoms with E-state index >= 15 is 0 Å². The molecule has 0 aromatic carbocycles. The molecule has 0 aliphatic heterocycles. The SMILES string of the molecule is O=C(O)CC(=O)Cc1ccc(F)cn1. The van der Waals surface area contributed by atoms with Crippen LogP contribution in [0.3, 0.4) is 0 Å². The van der Waals surface area contributed by atoms with Crippen LogP contribution in [0.4, 0.5) is 4.39 Å². The van der Waals surface area contributed by atoms with Gasteiger partial charge in [-0.25, -0.2) is 4.39 Å². The second-order valence-electron chi connectivity index (χ2n) is 2.75. The standard InChI is InChI=1S/C9H8FNO3/c10-6-1-2-7(11-5-6)3-8(12)4-9(13)14/h1-2,5H,3-4H2,(H,13,14). The lowest BCUT2D eigenvalue weighted by molar-refractivity contribution is -0.140. The summed E-state index contributed by atoms with van der Waals surface area (Å²) in [6.07, 6.45) is 0.384. The molecule has 1 rings (SSSR count). The van der Waals surface area contributed by atoms with Gasteiger partial charge in [0.05, 0.1) is 6.20 Å². The first-order valence-electron chi connectivity index (χ1n) is 3.92. The molecule has 0 aliphatic rings. The number of nitrogens with zero attached hydrogens (tertiary/aromatic N) is 1. The van der Waals surface area contributed by atoms with E-state index < -0.39 is 24.0 Å². The number of carboxylic acids is 1. The molecule has 0 fully saturated rings. The second-order valence-corrected chi connectivity index (χ2v) is 2.75. The summed E-state index contributed by atoms with van der Waals surface area (Å²) >= 11 is 0. The highest BCUT2D eigenvalue weighted by Crippen LogP contribution is 2.00. The van der Waals surface area contributed by atoms with Crippen LogP contribution < -0.4 is 0 Å². The first-order chi connectivity index (χ1) is 6.58. The number of hydrogen-bond acceptors (Lipinski definition) is 3. The zero-order chi connectivity index (χ0) is 10.6. The number of carboxylic acid groups (broad SMARTS) is 1. The largest absolute Gasteiger partial charge is 0.481 e. The van der Waals surface area contributed by atoms with Gasteiger partial charge >= 0.3 is 5.97 Å². The Bertz CT molecular complexity index is 348. The molecule has 74 valence electrons. The van der Waals surface area contributed by atoms with Crippen LogP contribution in [0.25, 0.3) is 0 Å².